The predicted molar refractivity (Wildman–Crippen MR) is 80.7 cm³/mol. The molecule has 1 aromatic carbocycles. The largest absolute Gasteiger partial charge is 0.482 e. The van der Waals surface area contributed by atoms with Crippen LogP contribution in [-0.4, -0.2) is 18.2 Å². The molecule has 6 nitrogen and oxygen atoms in total. The molecule has 0 radical (unpaired) electrons. The van der Waals surface area contributed by atoms with Gasteiger partial charge in [-0.2, -0.15) is 0 Å². The maximum Gasteiger partial charge on any atom is 0.344 e. The van der Waals surface area contributed by atoms with Gasteiger partial charge in [-0.25, -0.2) is 4.79 Å². The third-order valence-corrected chi connectivity index (χ3v) is 3.40. The second kappa shape index (κ2) is 6.71. The Labute approximate surface area is 130 Å². The third-order valence-electron chi connectivity index (χ3n) is 3.40. The second-order valence-corrected chi connectivity index (χ2v) is 6.32. The van der Waals surface area contributed by atoms with Crippen LogP contribution in [0.4, 0.5) is 0 Å². The van der Waals surface area contributed by atoms with E-state index in [1.54, 1.807) is 0 Å². The van der Waals surface area contributed by atoms with Crippen molar-refractivity contribution >= 4 is 5.97 Å². The number of nitrogens with zero attached hydrogens (tertiary/aromatic N) is 2. The number of carbonyl (C=O) groups excluding carboxylic acids is 1. The predicted octanol–water partition coefficient (Wildman–Crippen LogP) is 3.33. The summed E-state index contributed by atoms with van der Waals surface area (Å²) in [5, 5.41) is 3.95. The Morgan fingerprint density at radius 1 is 1.45 bits per heavy atom. The molecule has 0 amide bonds. The minimum Gasteiger partial charge on any atom is -0.482 e. The first-order chi connectivity index (χ1) is 10.4. The average molecular weight is 304 g/mol. The highest BCUT2D eigenvalue weighted by Crippen LogP contribution is 2.37. The zero-order valence-electron chi connectivity index (χ0n) is 13.3. The van der Waals surface area contributed by atoms with Crippen LogP contribution < -0.4 is 9.65 Å². The van der Waals surface area contributed by atoms with Gasteiger partial charge in [-0.1, -0.05) is 12.1 Å². The third kappa shape index (κ3) is 4.15. The van der Waals surface area contributed by atoms with Gasteiger partial charge in [-0.05, 0) is 57.2 Å². The van der Waals surface area contributed by atoms with Crippen LogP contribution in [0.1, 0.15) is 50.8 Å². The average Bonchev–Trinajstić information content (AvgIpc) is 2.44. The van der Waals surface area contributed by atoms with Crippen molar-refractivity contribution < 1.29 is 14.3 Å². The number of benzene rings is 1. The van der Waals surface area contributed by atoms with E-state index < -0.39 is 5.60 Å². The number of ether oxygens (including phenoxy) is 2. The van der Waals surface area contributed by atoms with Gasteiger partial charge in [-0.15, -0.1) is 0 Å². The van der Waals surface area contributed by atoms with Gasteiger partial charge in [0.05, 0.1) is 0 Å². The van der Waals surface area contributed by atoms with Crippen molar-refractivity contribution in [1.82, 2.24) is 4.91 Å². The topological polar surface area (TPSA) is 85.8 Å². The molecule has 0 heterocycles. The van der Waals surface area contributed by atoms with Gasteiger partial charge < -0.3 is 9.47 Å². The van der Waals surface area contributed by atoms with Gasteiger partial charge in [0.25, 0.3) is 0 Å². The Balaban J connectivity index is 2.11. The molecular weight excluding hydrogens is 282 g/mol. The Kier molecular flexibility index (Phi) is 4.93. The fourth-order valence-electron chi connectivity index (χ4n) is 2.62. The number of hydrogen-bond acceptors (Lipinski definition) is 5. The molecule has 0 spiro atoms. The maximum absolute atomic E-state index is 11.8. The van der Waals surface area contributed by atoms with E-state index in [4.69, 9.17) is 15.0 Å². The molecule has 118 valence electrons. The van der Waals surface area contributed by atoms with E-state index in [9.17, 15) is 4.79 Å². The summed E-state index contributed by atoms with van der Waals surface area (Å²) in [6.07, 6.45) is 2.72. The maximum atomic E-state index is 11.8. The molecule has 0 aliphatic heterocycles. The smallest absolute Gasteiger partial charge is 0.344 e. The highest BCUT2D eigenvalue weighted by molar-refractivity contribution is 5.71. The Morgan fingerprint density at radius 3 is 2.91 bits per heavy atom. The fraction of sp³-hybridized carbons (Fsp3) is 0.562. The summed E-state index contributed by atoms with van der Waals surface area (Å²) in [5.41, 5.74) is 8.48. The van der Waals surface area contributed by atoms with Crippen molar-refractivity contribution in [1.29, 1.82) is 5.53 Å². The summed E-state index contributed by atoms with van der Waals surface area (Å²) >= 11 is 0. The molecule has 1 N–H and O–H groups in total. The van der Waals surface area contributed by atoms with E-state index >= 15 is 0 Å². The number of esters is 1. The van der Waals surface area contributed by atoms with Gasteiger partial charge in [0.2, 0.25) is 4.91 Å². The van der Waals surface area contributed by atoms with Crippen molar-refractivity contribution in [2.24, 2.45) is 5.11 Å². The SMILES string of the molecule is CC(C)(C)OC(=O)COc1cccc2c1CCCC2N=[N+]=N. The highest BCUT2D eigenvalue weighted by Gasteiger charge is 2.26. The van der Waals surface area contributed by atoms with Gasteiger partial charge in [0.1, 0.15) is 22.0 Å². The molecule has 1 aromatic rings. The lowest BCUT2D eigenvalue weighted by atomic mass is 9.87. The molecule has 1 aliphatic carbocycles. The summed E-state index contributed by atoms with van der Waals surface area (Å²) < 4.78 is 10.9. The molecule has 22 heavy (non-hydrogen) atoms. The zero-order chi connectivity index (χ0) is 16.2. The number of nitrogens with one attached hydrogen (secondary N) is 1. The molecule has 0 saturated heterocycles. The van der Waals surface area contributed by atoms with E-state index in [2.05, 4.69) is 10.0 Å². The van der Waals surface area contributed by atoms with Gasteiger partial charge in [0.15, 0.2) is 12.6 Å². The second-order valence-electron chi connectivity index (χ2n) is 6.32. The van der Waals surface area contributed by atoms with E-state index in [1.165, 1.54) is 0 Å². The Hall–Kier alpha value is -2.20. The molecule has 1 atom stereocenters. The molecule has 6 heteroatoms. The molecule has 0 bridgehead atoms. The molecular formula is C16H22N3O3+. The minimum absolute atomic E-state index is 0.0914. The van der Waals surface area contributed by atoms with Gasteiger partial charge in [0, 0.05) is 0 Å². The highest BCUT2D eigenvalue weighted by atomic mass is 16.6. The van der Waals surface area contributed by atoms with Crippen molar-refractivity contribution in [3.8, 4) is 5.75 Å². The monoisotopic (exact) mass is 304 g/mol. The van der Waals surface area contributed by atoms with Crippen LogP contribution in [0.15, 0.2) is 23.3 Å². The first-order valence-electron chi connectivity index (χ1n) is 7.44. The summed E-state index contributed by atoms with van der Waals surface area (Å²) in [7, 11) is 0. The lowest BCUT2D eigenvalue weighted by Gasteiger charge is -2.22. The number of carbonyl (C=O) groups is 1. The van der Waals surface area contributed by atoms with Crippen LogP contribution in [-0.2, 0) is 16.0 Å². The van der Waals surface area contributed by atoms with E-state index in [0.717, 1.165) is 30.4 Å². The quantitative estimate of drug-likeness (QED) is 0.526. The van der Waals surface area contributed by atoms with Crippen LogP contribution >= 0.6 is 0 Å². The van der Waals surface area contributed by atoms with E-state index in [0.29, 0.717) is 5.75 Å². The van der Waals surface area contributed by atoms with Gasteiger partial charge in [-0.3, -0.25) is 0 Å². The molecule has 1 aliphatic rings. The minimum atomic E-state index is -0.518. The van der Waals surface area contributed by atoms with Crippen LogP contribution in [0.5, 0.6) is 5.75 Å². The standard InChI is InChI=1S/C16H22N3O3/c1-16(2,3)22-15(20)10-21-14-9-5-6-11-12(14)7-4-8-13(11)18-19-17/h5-6,9,13,17H,4,7-8,10H2,1-3H3/q+1. The first-order valence-corrected chi connectivity index (χ1v) is 7.44. The van der Waals surface area contributed by atoms with Crippen molar-refractivity contribution in [3.05, 3.63) is 29.3 Å². The van der Waals surface area contributed by atoms with Crippen molar-refractivity contribution in [3.63, 3.8) is 0 Å². The molecule has 0 saturated carbocycles. The Bertz CT molecular complexity index is 601. The zero-order valence-corrected chi connectivity index (χ0v) is 13.3. The molecule has 2 rings (SSSR count). The molecule has 1 unspecified atom stereocenters. The number of rotatable bonds is 4. The Morgan fingerprint density at radius 2 is 2.23 bits per heavy atom. The normalized spacial score (nSPS) is 17.1. The van der Waals surface area contributed by atoms with Crippen molar-refractivity contribution in [2.75, 3.05) is 6.61 Å². The fourth-order valence-corrected chi connectivity index (χ4v) is 2.62. The van der Waals surface area contributed by atoms with Crippen molar-refractivity contribution in [2.45, 2.75) is 51.7 Å². The van der Waals surface area contributed by atoms with Crippen LogP contribution in [0.3, 0.4) is 0 Å². The van der Waals surface area contributed by atoms with Gasteiger partial charge >= 0.3 is 5.97 Å². The molecule has 0 fully saturated rings. The summed E-state index contributed by atoms with van der Waals surface area (Å²) in [5.74, 6) is 0.302. The summed E-state index contributed by atoms with van der Waals surface area (Å²) in [6.45, 7) is 5.36. The lowest BCUT2D eigenvalue weighted by molar-refractivity contribution is -0.157. The van der Waals surface area contributed by atoms with Crippen LogP contribution in [0, 0.1) is 5.53 Å². The van der Waals surface area contributed by atoms with Crippen LogP contribution in [0.2, 0.25) is 0 Å². The number of hydrogen-bond donors (Lipinski definition) is 1. The lowest BCUT2D eigenvalue weighted by Crippen LogP contribution is -2.27. The molecule has 0 aromatic heterocycles. The van der Waals surface area contributed by atoms with E-state index in [-0.39, 0.29) is 18.6 Å². The first kappa shape index (κ1) is 16.2. The number of fused-ring (bicyclic) bond motifs is 1. The summed E-state index contributed by atoms with van der Waals surface area (Å²) in [4.78, 5) is 14.9. The van der Waals surface area contributed by atoms with Crippen LogP contribution in [0.25, 0.3) is 0 Å². The van der Waals surface area contributed by atoms with E-state index in [1.807, 2.05) is 39.0 Å². The summed E-state index contributed by atoms with van der Waals surface area (Å²) in [6, 6.07) is 5.62.